The number of rotatable bonds is 3. The van der Waals surface area contributed by atoms with E-state index in [0.717, 1.165) is 4.47 Å². The van der Waals surface area contributed by atoms with Crippen LogP contribution in [0.2, 0.25) is 0 Å². The number of aromatic nitrogens is 3. The van der Waals surface area contributed by atoms with Crippen LogP contribution in [0.15, 0.2) is 39.1 Å². The van der Waals surface area contributed by atoms with E-state index in [0.29, 0.717) is 10.1 Å². The molecule has 2 aromatic rings. The van der Waals surface area contributed by atoms with Crippen molar-refractivity contribution >= 4 is 33.7 Å². The van der Waals surface area contributed by atoms with Crippen LogP contribution in [0.3, 0.4) is 0 Å². The van der Waals surface area contributed by atoms with Gasteiger partial charge in [0.25, 0.3) is 0 Å². The van der Waals surface area contributed by atoms with E-state index in [9.17, 15) is 4.79 Å². The predicted molar refractivity (Wildman–Crippen MR) is 61.6 cm³/mol. The molecule has 0 atom stereocenters. The summed E-state index contributed by atoms with van der Waals surface area (Å²) in [5.74, 6) is -0.963. The van der Waals surface area contributed by atoms with Crippen LogP contribution in [-0.4, -0.2) is 26.3 Å². The molecule has 0 saturated carbocycles. The molecule has 0 unspecified atom stereocenters. The third-order valence-electron chi connectivity index (χ3n) is 1.77. The van der Waals surface area contributed by atoms with Gasteiger partial charge in [-0.25, -0.2) is 9.78 Å². The monoisotopic (exact) mass is 299 g/mol. The maximum atomic E-state index is 11.0. The van der Waals surface area contributed by atoms with Crippen molar-refractivity contribution in [3.05, 3.63) is 34.6 Å². The quantitative estimate of drug-likeness (QED) is 0.910. The molecule has 16 heavy (non-hydrogen) atoms. The van der Waals surface area contributed by atoms with Gasteiger partial charge in [0.15, 0.2) is 5.16 Å². The van der Waals surface area contributed by atoms with Crippen LogP contribution >= 0.6 is 27.7 Å². The summed E-state index contributed by atoms with van der Waals surface area (Å²) < 4.78 is 0.819. The number of aromatic carboxylic acids is 1. The number of nitrogens with zero attached hydrogens (tertiary/aromatic N) is 2. The van der Waals surface area contributed by atoms with Gasteiger partial charge in [-0.2, -0.15) is 5.10 Å². The molecule has 5 nitrogen and oxygen atoms in total. The molecule has 1 aromatic heterocycles. The van der Waals surface area contributed by atoms with E-state index in [4.69, 9.17) is 5.11 Å². The van der Waals surface area contributed by atoms with Crippen LogP contribution in [0.1, 0.15) is 10.4 Å². The first kappa shape index (κ1) is 11.2. The lowest BCUT2D eigenvalue weighted by Crippen LogP contribution is -1.98. The number of carbonyl (C=O) groups is 1. The highest BCUT2D eigenvalue weighted by Gasteiger charge is 2.12. The van der Waals surface area contributed by atoms with E-state index in [2.05, 4.69) is 31.1 Å². The lowest BCUT2D eigenvalue weighted by molar-refractivity contribution is 0.0693. The van der Waals surface area contributed by atoms with Crippen molar-refractivity contribution in [1.82, 2.24) is 15.2 Å². The zero-order chi connectivity index (χ0) is 11.5. The van der Waals surface area contributed by atoms with Gasteiger partial charge < -0.3 is 5.11 Å². The number of carboxylic acids is 1. The molecule has 0 radical (unpaired) electrons. The van der Waals surface area contributed by atoms with E-state index in [1.807, 2.05) is 0 Å². The largest absolute Gasteiger partial charge is 0.478 e. The molecule has 2 N–H and O–H groups in total. The van der Waals surface area contributed by atoms with Crippen LogP contribution in [0.4, 0.5) is 0 Å². The Bertz CT molecular complexity index is 515. The molecule has 0 saturated heterocycles. The molecule has 0 aliphatic carbocycles. The Hall–Kier alpha value is -1.34. The van der Waals surface area contributed by atoms with Gasteiger partial charge in [0.1, 0.15) is 6.33 Å². The molecule has 0 fully saturated rings. The predicted octanol–water partition coefficient (Wildman–Crippen LogP) is 2.42. The van der Waals surface area contributed by atoms with Gasteiger partial charge in [-0.1, -0.05) is 15.9 Å². The summed E-state index contributed by atoms with van der Waals surface area (Å²) in [6, 6.07) is 4.97. The second kappa shape index (κ2) is 4.67. The van der Waals surface area contributed by atoms with Gasteiger partial charge in [0.05, 0.1) is 5.56 Å². The van der Waals surface area contributed by atoms with Gasteiger partial charge in [0.2, 0.25) is 0 Å². The van der Waals surface area contributed by atoms with Crippen LogP contribution in [0.5, 0.6) is 0 Å². The summed E-state index contributed by atoms with van der Waals surface area (Å²) >= 11 is 4.52. The van der Waals surface area contributed by atoms with Crippen molar-refractivity contribution in [2.24, 2.45) is 0 Å². The molecule has 0 bridgehead atoms. The molecular weight excluding hydrogens is 294 g/mol. The van der Waals surface area contributed by atoms with Crippen LogP contribution in [0, 0.1) is 0 Å². The summed E-state index contributed by atoms with van der Waals surface area (Å²) in [6.07, 6.45) is 1.38. The smallest absolute Gasteiger partial charge is 0.336 e. The Labute approximate surface area is 103 Å². The Balaban J connectivity index is 2.38. The van der Waals surface area contributed by atoms with Crippen molar-refractivity contribution in [1.29, 1.82) is 0 Å². The fourth-order valence-corrected chi connectivity index (χ4v) is 2.48. The number of halogens is 1. The maximum Gasteiger partial charge on any atom is 0.336 e. The van der Waals surface area contributed by atoms with Crippen LogP contribution < -0.4 is 0 Å². The number of benzene rings is 1. The van der Waals surface area contributed by atoms with E-state index in [1.165, 1.54) is 18.1 Å². The molecular formula is C9H6BrN3O2S. The summed E-state index contributed by atoms with van der Waals surface area (Å²) in [4.78, 5) is 15.5. The minimum Gasteiger partial charge on any atom is -0.478 e. The number of hydrogen-bond acceptors (Lipinski definition) is 4. The number of nitrogens with one attached hydrogen (secondary N) is 1. The highest BCUT2D eigenvalue weighted by molar-refractivity contribution is 9.10. The highest BCUT2D eigenvalue weighted by atomic mass is 79.9. The van der Waals surface area contributed by atoms with Crippen molar-refractivity contribution in [2.45, 2.75) is 10.1 Å². The van der Waals surface area contributed by atoms with Gasteiger partial charge in [-0.3, -0.25) is 5.10 Å². The lowest BCUT2D eigenvalue weighted by Gasteiger charge is -2.03. The Morgan fingerprint density at radius 1 is 1.50 bits per heavy atom. The Morgan fingerprint density at radius 2 is 2.31 bits per heavy atom. The fraction of sp³-hybridized carbons (Fsp3) is 0. The van der Waals surface area contributed by atoms with Crippen LogP contribution in [-0.2, 0) is 0 Å². The third-order valence-corrected chi connectivity index (χ3v) is 3.21. The SMILES string of the molecule is O=C(O)c1ccc(Br)cc1Sc1ncn[nH]1. The summed E-state index contributed by atoms with van der Waals surface area (Å²) in [5.41, 5.74) is 0.240. The van der Waals surface area contributed by atoms with Gasteiger partial charge in [-0.15, -0.1) is 0 Å². The van der Waals surface area contributed by atoms with Crippen molar-refractivity contribution in [3.8, 4) is 0 Å². The molecule has 1 heterocycles. The highest BCUT2D eigenvalue weighted by Crippen LogP contribution is 2.30. The first-order valence-electron chi connectivity index (χ1n) is 4.23. The summed E-state index contributed by atoms with van der Waals surface area (Å²) in [5, 5.41) is 15.9. The second-order valence-electron chi connectivity index (χ2n) is 2.84. The number of aromatic amines is 1. The minimum absolute atomic E-state index is 0.240. The van der Waals surface area contributed by atoms with E-state index in [1.54, 1.807) is 18.2 Å². The summed E-state index contributed by atoms with van der Waals surface area (Å²) in [7, 11) is 0. The molecule has 1 aromatic carbocycles. The number of hydrogen-bond donors (Lipinski definition) is 2. The van der Waals surface area contributed by atoms with E-state index < -0.39 is 5.97 Å². The first-order valence-corrected chi connectivity index (χ1v) is 5.84. The van der Waals surface area contributed by atoms with Crippen molar-refractivity contribution < 1.29 is 9.90 Å². The van der Waals surface area contributed by atoms with Crippen molar-refractivity contribution in [2.75, 3.05) is 0 Å². The lowest BCUT2D eigenvalue weighted by atomic mass is 10.2. The molecule has 0 aliphatic rings. The van der Waals surface area contributed by atoms with Crippen LogP contribution in [0.25, 0.3) is 0 Å². The van der Waals surface area contributed by atoms with E-state index >= 15 is 0 Å². The van der Waals surface area contributed by atoms with E-state index in [-0.39, 0.29) is 5.56 Å². The third kappa shape index (κ3) is 2.42. The average molecular weight is 300 g/mol. The first-order chi connectivity index (χ1) is 7.66. The standard InChI is InChI=1S/C9H6BrN3O2S/c10-5-1-2-6(8(14)15)7(3-5)16-9-11-4-12-13-9/h1-4H,(H,14,15)(H,11,12,13). The Morgan fingerprint density at radius 3 is 2.94 bits per heavy atom. The molecule has 82 valence electrons. The van der Waals surface area contributed by atoms with Gasteiger partial charge in [-0.05, 0) is 30.0 Å². The average Bonchev–Trinajstić information content (AvgIpc) is 2.70. The maximum absolute atomic E-state index is 11.0. The summed E-state index contributed by atoms with van der Waals surface area (Å²) in [6.45, 7) is 0. The van der Waals surface area contributed by atoms with Crippen molar-refractivity contribution in [3.63, 3.8) is 0 Å². The zero-order valence-corrected chi connectivity index (χ0v) is 10.2. The minimum atomic E-state index is -0.963. The molecule has 2 rings (SSSR count). The molecule has 0 aliphatic heterocycles. The topological polar surface area (TPSA) is 78.9 Å². The Kier molecular flexibility index (Phi) is 3.25. The second-order valence-corrected chi connectivity index (χ2v) is 4.78. The molecule has 7 heteroatoms. The molecule has 0 spiro atoms. The molecule has 0 amide bonds. The fourth-order valence-electron chi connectivity index (χ4n) is 1.10. The van der Waals surface area contributed by atoms with Gasteiger partial charge in [0, 0.05) is 9.37 Å². The van der Waals surface area contributed by atoms with Gasteiger partial charge >= 0.3 is 5.97 Å². The normalized spacial score (nSPS) is 10.3. The number of H-pyrrole nitrogens is 1. The zero-order valence-electron chi connectivity index (χ0n) is 7.85. The number of carboxylic acid groups (broad SMARTS) is 1.